The summed E-state index contributed by atoms with van der Waals surface area (Å²) in [6.07, 6.45) is 1.37. The SMILES string of the molecule is CC(C)N(C)c1ccc(C(=O)O)cn1. The van der Waals surface area contributed by atoms with Crippen molar-refractivity contribution in [3.63, 3.8) is 0 Å². The van der Waals surface area contributed by atoms with Gasteiger partial charge in [-0.3, -0.25) is 0 Å². The number of aromatic nitrogens is 1. The Bertz CT molecular complexity index is 319. The quantitative estimate of drug-likeness (QED) is 0.794. The number of anilines is 1. The first-order valence-corrected chi connectivity index (χ1v) is 4.44. The van der Waals surface area contributed by atoms with Crippen molar-refractivity contribution in [1.82, 2.24) is 4.98 Å². The van der Waals surface area contributed by atoms with Crippen LogP contribution in [0, 0.1) is 0 Å². The second-order valence-electron chi connectivity index (χ2n) is 3.41. The first-order chi connectivity index (χ1) is 6.52. The third kappa shape index (κ3) is 2.22. The summed E-state index contributed by atoms with van der Waals surface area (Å²) in [4.78, 5) is 16.6. The lowest BCUT2D eigenvalue weighted by molar-refractivity contribution is 0.0696. The average molecular weight is 194 g/mol. The van der Waals surface area contributed by atoms with Crippen molar-refractivity contribution < 1.29 is 9.90 Å². The Morgan fingerprint density at radius 3 is 2.50 bits per heavy atom. The Morgan fingerprint density at radius 1 is 1.50 bits per heavy atom. The summed E-state index contributed by atoms with van der Waals surface area (Å²) in [6, 6.07) is 3.62. The maximum atomic E-state index is 10.6. The molecule has 4 heteroatoms. The molecule has 14 heavy (non-hydrogen) atoms. The van der Waals surface area contributed by atoms with Crippen LogP contribution in [-0.4, -0.2) is 29.1 Å². The molecule has 0 spiro atoms. The summed E-state index contributed by atoms with van der Waals surface area (Å²) < 4.78 is 0. The number of carboxylic acid groups (broad SMARTS) is 1. The molecule has 0 atom stereocenters. The van der Waals surface area contributed by atoms with Gasteiger partial charge in [0.05, 0.1) is 5.56 Å². The van der Waals surface area contributed by atoms with E-state index in [1.807, 2.05) is 25.8 Å². The summed E-state index contributed by atoms with van der Waals surface area (Å²) in [5.41, 5.74) is 0.214. The molecule has 76 valence electrons. The third-order valence-corrected chi connectivity index (χ3v) is 2.13. The molecule has 1 rings (SSSR count). The summed E-state index contributed by atoms with van der Waals surface area (Å²) in [5, 5.41) is 8.67. The van der Waals surface area contributed by atoms with Crippen LogP contribution in [-0.2, 0) is 0 Å². The Kier molecular flexibility index (Phi) is 3.06. The van der Waals surface area contributed by atoms with Crippen molar-refractivity contribution in [3.05, 3.63) is 23.9 Å². The Labute approximate surface area is 83.2 Å². The summed E-state index contributed by atoms with van der Waals surface area (Å²) in [6.45, 7) is 4.10. The van der Waals surface area contributed by atoms with Crippen LogP contribution in [0.4, 0.5) is 5.82 Å². The first kappa shape index (κ1) is 10.5. The highest BCUT2D eigenvalue weighted by Crippen LogP contribution is 2.11. The molecule has 1 aromatic rings. The number of carbonyl (C=O) groups is 1. The lowest BCUT2D eigenvalue weighted by Crippen LogP contribution is -2.26. The number of nitrogens with zero attached hydrogens (tertiary/aromatic N) is 2. The molecule has 1 N–H and O–H groups in total. The number of hydrogen-bond acceptors (Lipinski definition) is 3. The van der Waals surface area contributed by atoms with Gasteiger partial charge in [0.15, 0.2) is 0 Å². The molecule has 0 saturated heterocycles. The van der Waals surface area contributed by atoms with Gasteiger partial charge in [-0.15, -0.1) is 0 Å². The van der Waals surface area contributed by atoms with Gasteiger partial charge in [0.2, 0.25) is 0 Å². The fourth-order valence-electron chi connectivity index (χ4n) is 0.986. The van der Waals surface area contributed by atoms with Crippen LogP contribution in [0.1, 0.15) is 24.2 Å². The Morgan fingerprint density at radius 2 is 2.14 bits per heavy atom. The van der Waals surface area contributed by atoms with Crippen molar-refractivity contribution in [3.8, 4) is 0 Å². The molecule has 0 fully saturated rings. The van der Waals surface area contributed by atoms with Crippen molar-refractivity contribution in [2.75, 3.05) is 11.9 Å². The van der Waals surface area contributed by atoms with E-state index in [0.29, 0.717) is 6.04 Å². The molecule has 0 aliphatic rings. The van der Waals surface area contributed by atoms with Crippen LogP contribution in [0.3, 0.4) is 0 Å². The molecule has 0 radical (unpaired) electrons. The first-order valence-electron chi connectivity index (χ1n) is 4.44. The van der Waals surface area contributed by atoms with Gasteiger partial charge in [0, 0.05) is 19.3 Å². The van der Waals surface area contributed by atoms with Crippen molar-refractivity contribution in [1.29, 1.82) is 0 Å². The van der Waals surface area contributed by atoms with Crippen LogP contribution >= 0.6 is 0 Å². The van der Waals surface area contributed by atoms with Crippen LogP contribution in [0.2, 0.25) is 0 Å². The number of rotatable bonds is 3. The van der Waals surface area contributed by atoms with E-state index < -0.39 is 5.97 Å². The molecule has 4 nitrogen and oxygen atoms in total. The van der Waals surface area contributed by atoms with Crippen LogP contribution in [0.5, 0.6) is 0 Å². The lowest BCUT2D eigenvalue weighted by atomic mass is 10.2. The van der Waals surface area contributed by atoms with E-state index in [2.05, 4.69) is 4.98 Å². The predicted octanol–water partition coefficient (Wildman–Crippen LogP) is 1.62. The highest BCUT2D eigenvalue weighted by molar-refractivity contribution is 5.87. The molecule has 0 aliphatic heterocycles. The molecule has 1 heterocycles. The lowest BCUT2D eigenvalue weighted by Gasteiger charge is -2.22. The fourth-order valence-corrected chi connectivity index (χ4v) is 0.986. The maximum Gasteiger partial charge on any atom is 0.337 e. The van der Waals surface area contributed by atoms with Gasteiger partial charge in [-0.05, 0) is 26.0 Å². The van der Waals surface area contributed by atoms with Crippen molar-refractivity contribution in [2.24, 2.45) is 0 Å². The van der Waals surface area contributed by atoms with Crippen LogP contribution in [0.15, 0.2) is 18.3 Å². The molecular formula is C10H14N2O2. The molecule has 0 aromatic carbocycles. The van der Waals surface area contributed by atoms with E-state index >= 15 is 0 Å². The number of aromatic carboxylic acids is 1. The largest absolute Gasteiger partial charge is 0.478 e. The zero-order valence-electron chi connectivity index (χ0n) is 8.56. The normalized spacial score (nSPS) is 10.3. The van der Waals surface area contributed by atoms with Gasteiger partial charge in [-0.25, -0.2) is 9.78 Å². The van der Waals surface area contributed by atoms with Crippen LogP contribution < -0.4 is 4.90 Å². The smallest absolute Gasteiger partial charge is 0.337 e. The topological polar surface area (TPSA) is 53.4 Å². The van der Waals surface area contributed by atoms with E-state index in [1.165, 1.54) is 6.20 Å². The van der Waals surface area contributed by atoms with Crippen molar-refractivity contribution >= 4 is 11.8 Å². The van der Waals surface area contributed by atoms with Crippen molar-refractivity contribution in [2.45, 2.75) is 19.9 Å². The van der Waals surface area contributed by atoms with Gasteiger partial charge >= 0.3 is 5.97 Å². The fraction of sp³-hybridized carbons (Fsp3) is 0.400. The molecule has 0 amide bonds. The number of pyridine rings is 1. The molecule has 0 saturated carbocycles. The molecular weight excluding hydrogens is 180 g/mol. The molecule has 0 unspecified atom stereocenters. The highest BCUT2D eigenvalue weighted by Gasteiger charge is 2.07. The van der Waals surface area contributed by atoms with Gasteiger partial charge in [0.25, 0.3) is 0 Å². The molecule has 0 aliphatic carbocycles. The minimum Gasteiger partial charge on any atom is -0.478 e. The summed E-state index contributed by atoms with van der Waals surface area (Å²) in [7, 11) is 1.92. The van der Waals surface area contributed by atoms with E-state index in [4.69, 9.17) is 5.11 Å². The average Bonchev–Trinajstić information content (AvgIpc) is 2.16. The van der Waals surface area contributed by atoms with Gasteiger partial charge in [-0.2, -0.15) is 0 Å². The summed E-state index contributed by atoms with van der Waals surface area (Å²) in [5.74, 6) is -0.166. The number of carboxylic acids is 1. The molecule has 1 aromatic heterocycles. The Hall–Kier alpha value is -1.58. The van der Waals surface area contributed by atoms with E-state index in [0.717, 1.165) is 5.82 Å². The zero-order valence-corrected chi connectivity index (χ0v) is 8.56. The number of hydrogen-bond donors (Lipinski definition) is 1. The van der Waals surface area contributed by atoms with Gasteiger partial charge < -0.3 is 10.0 Å². The minimum atomic E-state index is -0.948. The predicted molar refractivity (Wildman–Crippen MR) is 54.7 cm³/mol. The second-order valence-corrected chi connectivity index (χ2v) is 3.41. The van der Waals surface area contributed by atoms with Gasteiger partial charge in [0.1, 0.15) is 5.82 Å². The second kappa shape index (κ2) is 4.09. The third-order valence-electron chi connectivity index (χ3n) is 2.13. The van der Waals surface area contributed by atoms with Crippen LogP contribution in [0.25, 0.3) is 0 Å². The van der Waals surface area contributed by atoms with E-state index in [9.17, 15) is 4.79 Å². The highest BCUT2D eigenvalue weighted by atomic mass is 16.4. The maximum absolute atomic E-state index is 10.6. The molecule has 0 bridgehead atoms. The Balaban J connectivity index is 2.88. The minimum absolute atomic E-state index is 0.214. The van der Waals surface area contributed by atoms with E-state index in [1.54, 1.807) is 12.1 Å². The monoisotopic (exact) mass is 194 g/mol. The zero-order chi connectivity index (χ0) is 10.7. The summed E-state index contributed by atoms with van der Waals surface area (Å²) >= 11 is 0. The standard InChI is InChI=1S/C10H14N2O2/c1-7(2)12(3)9-5-4-8(6-11-9)10(13)14/h4-7H,1-3H3,(H,13,14). The van der Waals surface area contributed by atoms with Gasteiger partial charge in [-0.1, -0.05) is 0 Å². The van der Waals surface area contributed by atoms with E-state index in [-0.39, 0.29) is 5.56 Å².